The minimum atomic E-state index is -0.507. The van der Waals surface area contributed by atoms with E-state index in [0.29, 0.717) is 5.69 Å². The molecule has 1 N–H and O–H groups in total. The van der Waals surface area contributed by atoms with Crippen LogP contribution in [-0.2, 0) is 16.0 Å². The molecule has 0 radical (unpaired) electrons. The minimum Gasteiger partial charge on any atom is -0.466 e. The Morgan fingerprint density at radius 1 is 1.37 bits per heavy atom. The van der Waals surface area contributed by atoms with Gasteiger partial charge < -0.3 is 9.72 Å². The quantitative estimate of drug-likeness (QED) is 0.795. The lowest BCUT2D eigenvalue weighted by Crippen LogP contribution is -2.22. The number of ether oxygens (including phenoxy) is 1. The van der Waals surface area contributed by atoms with E-state index in [1.165, 1.54) is 0 Å². The highest BCUT2D eigenvalue weighted by Crippen LogP contribution is 2.06. The molecular weight excluding hydrogens is 248 g/mol. The number of hydrogen-bond donors (Lipinski definition) is 1. The van der Waals surface area contributed by atoms with Crippen molar-refractivity contribution in [3.05, 3.63) is 40.4 Å². The fourth-order valence-electron chi connectivity index (χ4n) is 1.44. The average molecular weight is 260 g/mol. The molecule has 2 rings (SSSR count). The van der Waals surface area contributed by atoms with Gasteiger partial charge in [-0.15, -0.1) is 10.2 Å². The number of rotatable bonds is 4. The largest absolute Gasteiger partial charge is 0.466 e. The summed E-state index contributed by atoms with van der Waals surface area (Å²) >= 11 is 0. The fourth-order valence-corrected chi connectivity index (χ4v) is 1.44. The van der Waals surface area contributed by atoms with Crippen LogP contribution in [-0.4, -0.2) is 32.7 Å². The summed E-state index contributed by atoms with van der Waals surface area (Å²) in [6.07, 6.45) is 1.39. The Kier molecular flexibility index (Phi) is 3.97. The number of carbonyl (C=O) groups excluding carboxylic acids is 1. The number of nitrogens with zero attached hydrogens (tertiary/aromatic N) is 3. The molecule has 0 fully saturated rings. The normalized spacial score (nSPS) is 10.2. The highest BCUT2D eigenvalue weighted by molar-refractivity contribution is 5.71. The molecule has 0 atom stereocenters. The van der Waals surface area contributed by atoms with E-state index < -0.39 is 11.5 Å². The maximum Gasteiger partial charge on any atom is 0.312 e. The van der Waals surface area contributed by atoms with Crippen molar-refractivity contribution in [1.82, 2.24) is 20.2 Å². The maximum atomic E-state index is 11.8. The van der Waals surface area contributed by atoms with Crippen molar-refractivity contribution in [2.24, 2.45) is 0 Å². The van der Waals surface area contributed by atoms with Crippen LogP contribution in [0.4, 0.5) is 0 Å². The third kappa shape index (κ3) is 3.21. The predicted octanol–water partition coefficient (Wildman–Crippen LogP) is 0.332. The van der Waals surface area contributed by atoms with Gasteiger partial charge in [-0.25, -0.2) is 0 Å². The summed E-state index contributed by atoms with van der Waals surface area (Å²) in [4.78, 5) is 29.6. The highest BCUT2D eigenvalue weighted by atomic mass is 16.5. The predicted molar refractivity (Wildman–Crippen MR) is 66.2 cm³/mol. The van der Waals surface area contributed by atoms with Crippen LogP contribution in [0.1, 0.15) is 12.6 Å². The van der Waals surface area contributed by atoms with Gasteiger partial charge >= 0.3 is 5.97 Å². The van der Waals surface area contributed by atoms with Gasteiger partial charge in [-0.2, -0.15) is 0 Å². The summed E-state index contributed by atoms with van der Waals surface area (Å²) in [7, 11) is 0. The molecule has 0 aliphatic heterocycles. The van der Waals surface area contributed by atoms with Crippen molar-refractivity contribution in [2.75, 3.05) is 6.61 Å². The van der Waals surface area contributed by atoms with Gasteiger partial charge in [-0.1, -0.05) is 6.07 Å². The van der Waals surface area contributed by atoms with E-state index >= 15 is 0 Å². The van der Waals surface area contributed by atoms with Crippen molar-refractivity contribution >= 4 is 5.97 Å². The summed E-state index contributed by atoms with van der Waals surface area (Å²) in [5.74, 6) is -0.244. The second-order valence-corrected chi connectivity index (χ2v) is 3.65. The first kappa shape index (κ1) is 12.9. The number of nitrogens with one attached hydrogen (secondary N) is 1. The van der Waals surface area contributed by atoms with Crippen molar-refractivity contribution in [1.29, 1.82) is 0 Å². The van der Waals surface area contributed by atoms with Gasteiger partial charge in [0, 0.05) is 6.20 Å². The molecule has 2 aromatic heterocycles. The number of carbonyl (C=O) groups is 1. The van der Waals surface area contributed by atoms with E-state index in [4.69, 9.17) is 4.74 Å². The zero-order chi connectivity index (χ0) is 13.7. The van der Waals surface area contributed by atoms with Gasteiger partial charge in [0.15, 0.2) is 5.82 Å². The lowest BCUT2D eigenvalue weighted by Gasteiger charge is -2.01. The minimum absolute atomic E-state index is 0.0260. The first-order valence-electron chi connectivity index (χ1n) is 5.73. The number of H-pyrrole nitrogens is 1. The zero-order valence-corrected chi connectivity index (χ0v) is 10.3. The molecule has 0 aliphatic carbocycles. The van der Waals surface area contributed by atoms with E-state index in [2.05, 4.69) is 20.2 Å². The van der Waals surface area contributed by atoms with Crippen LogP contribution in [0.2, 0.25) is 0 Å². The molecule has 7 heteroatoms. The molecular formula is C12H12N4O3. The summed E-state index contributed by atoms with van der Waals surface area (Å²) in [5.41, 5.74) is 0.0663. The molecule has 0 amide bonds. The molecule has 19 heavy (non-hydrogen) atoms. The lowest BCUT2D eigenvalue weighted by atomic mass is 10.3. The molecule has 0 aliphatic rings. The van der Waals surface area contributed by atoms with Gasteiger partial charge in [-0.05, 0) is 19.1 Å². The van der Waals surface area contributed by atoms with E-state index in [9.17, 15) is 9.59 Å². The molecule has 0 unspecified atom stereocenters. The first-order valence-corrected chi connectivity index (χ1v) is 5.73. The van der Waals surface area contributed by atoms with Crippen LogP contribution >= 0.6 is 0 Å². The number of aromatic nitrogens is 4. The third-order valence-electron chi connectivity index (χ3n) is 2.29. The summed E-state index contributed by atoms with van der Waals surface area (Å²) < 4.78 is 4.74. The standard InChI is InChI=1S/C12H12N4O3/c1-2-19-10(17)7-9-12(18)14-11(16-15-9)8-5-3-4-6-13-8/h3-6H,2,7H2,1H3,(H,14,16,18). The zero-order valence-electron chi connectivity index (χ0n) is 10.3. The summed E-state index contributed by atoms with van der Waals surface area (Å²) in [5, 5.41) is 7.59. The third-order valence-corrected chi connectivity index (χ3v) is 2.29. The number of hydrogen-bond acceptors (Lipinski definition) is 6. The molecule has 0 saturated heterocycles. The van der Waals surface area contributed by atoms with Crippen molar-refractivity contribution in [2.45, 2.75) is 13.3 Å². The van der Waals surface area contributed by atoms with E-state index in [1.54, 1.807) is 31.3 Å². The van der Waals surface area contributed by atoms with Crippen LogP contribution in [0.3, 0.4) is 0 Å². The summed E-state index contributed by atoms with van der Waals surface area (Å²) in [6, 6.07) is 5.23. The number of aromatic amines is 1. The van der Waals surface area contributed by atoms with E-state index in [-0.39, 0.29) is 24.5 Å². The average Bonchev–Trinajstić information content (AvgIpc) is 2.42. The van der Waals surface area contributed by atoms with Crippen LogP contribution < -0.4 is 5.56 Å². The molecule has 98 valence electrons. The van der Waals surface area contributed by atoms with Crippen molar-refractivity contribution in [3.8, 4) is 11.5 Å². The molecule has 0 spiro atoms. The van der Waals surface area contributed by atoms with E-state index in [0.717, 1.165) is 0 Å². The number of esters is 1. The van der Waals surface area contributed by atoms with Gasteiger partial charge in [0.1, 0.15) is 11.4 Å². The Balaban J connectivity index is 2.23. The monoisotopic (exact) mass is 260 g/mol. The van der Waals surface area contributed by atoms with Crippen LogP contribution in [0.15, 0.2) is 29.2 Å². The smallest absolute Gasteiger partial charge is 0.312 e. The molecule has 0 bridgehead atoms. The Morgan fingerprint density at radius 3 is 2.84 bits per heavy atom. The van der Waals surface area contributed by atoms with Gasteiger partial charge in [0.2, 0.25) is 0 Å². The Bertz CT molecular complexity index is 624. The van der Waals surface area contributed by atoms with Crippen LogP contribution in [0.25, 0.3) is 11.5 Å². The van der Waals surface area contributed by atoms with Gasteiger partial charge in [-0.3, -0.25) is 14.6 Å². The SMILES string of the molecule is CCOC(=O)Cc1nnc(-c2ccccn2)[nH]c1=O. The molecule has 2 aromatic rings. The molecule has 2 heterocycles. The highest BCUT2D eigenvalue weighted by Gasteiger charge is 2.12. The van der Waals surface area contributed by atoms with Gasteiger partial charge in [0.05, 0.1) is 13.0 Å². The van der Waals surface area contributed by atoms with Crippen LogP contribution in [0, 0.1) is 0 Å². The van der Waals surface area contributed by atoms with Crippen molar-refractivity contribution < 1.29 is 9.53 Å². The fraction of sp³-hybridized carbons (Fsp3) is 0.250. The van der Waals surface area contributed by atoms with Gasteiger partial charge in [0.25, 0.3) is 5.56 Å². The maximum absolute atomic E-state index is 11.8. The lowest BCUT2D eigenvalue weighted by molar-refractivity contribution is -0.142. The number of pyridine rings is 1. The van der Waals surface area contributed by atoms with E-state index in [1.807, 2.05) is 0 Å². The topological polar surface area (TPSA) is 97.8 Å². The molecule has 0 aromatic carbocycles. The summed E-state index contributed by atoms with van der Waals surface area (Å²) in [6.45, 7) is 1.95. The second kappa shape index (κ2) is 5.85. The first-order chi connectivity index (χ1) is 9.20. The Hall–Kier alpha value is -2.57. The van der Waals surface area contributed by atoms with Crippen LogP contribution in [0.5, 0.6) is 0 Å². The second-order valence-electron chi connectivity index (χ2n) is 3.65. The molecule has 0 saturated carbocycles. The Morgan fingerprint density at radius 2 is 2.21 bits per heavy atom. The molecule has 7 nitrogen and oxygen atoms in total. The van der Waals surface area contributed by atoms with Crippen molar-refractivity contribution in [3.63, 3.8) is 0 Å². The Labute approximate surface area is 108 Å².